The van der Waals surface area contributed by atoms with Crippen molar-refractivity contribution in [3.8, 4) is 0 Å². The number of anilines is 3. The topological polar surface area (TPSA) is 249 Å². The molecule has 0 aliphatic rings. The Morgan fingerprint density at radius 3 is 0.944 bits per heavy atom. The van der Waals surface area contributed by atoms with E-state index in [1.165, 1.54) is 0 Å². The second kappa shape index (κ2) is 11.1. The second-order valence-electron chi connectivity index (χ2n) is 1.86. The molecule has 0 unspecified atom stereocenters. The van der Waals surface area contributed by atoms with Crippen molar-refractivity contribution in [1.82, 2.24) is 15.0 Å². The maximum absolute atomic E-state index is 8.25. The molecule has 6 N–H and O–H groups in total. The third-order valence-electron chi connectivity index (χ3n) is 0.687. The van der Waals surface area contributed by atoms with Gasteiger partial charge in [-0.15, -0.1) is 0 Å². The molecule has 0 amide bonds. The number of aromatic nitrogens is 3. The number of nitrogens with zero attached hydrogens (tertiary/aromatic N) is 5. The molecule has 96 valence electrons. The smallest absolute Gasteiger partial charge is 0.368 e. The van der Waals surface area contributed by atoms with Crippen LogP contribution in [0.15, 0.2) is 0 Å². The normalized spacial score (nSPS) is 7.33. The van der Waals surface area contributed by atoms with Gasteiger partial charge in [0.15, 0.2) is 0 Å². The van der Waals surface area contributed by atoms with Gasteiger partial charge >= 0.3 is 23.1 Å². The summed E-state index contributed by atoms with van der Waals surface area (Å²) in [7, 11) is 0. The molecule has 0 bridgehead atoms. The third-order valence-corrected chi connectivity index (χ3v) is 0.687. The van der Waals surface area contributed by atoms with Gasteiger partial charge < -0.3 is 47.8 Å². The van der Waals surface area contributed by atoms with Crippen molar-refractivity contribution in [2.45, 2.75) is 0 Å². The molecule has 0 saturated heterocycles. The zero-order valence-corrected chi connectivity index (χ0v) is 10.0. The minimum atomic E-state index is -1.75. The minimum absolute atomic E-state index is 0. The van der Waals surface area contributed by atoms with Crippen LogP contribution in [0.5, 0.6) is 0 Å². The van der Waals surface area contributed by atoms with E-state index in [0.29, 0.717) is 0 Å². The quantitative estimate of drug-likeness (QED) is 0.258. The van der Waals surface area contributed by atoms with E-state index in [2.05, 4.69) is 15.0 Å². The third kappa shape index (κ3) is 23.4. The van der Waals surface area contributed by atoms with Crippen LogP contribution in [0.4, 0.5) is 17.8 Å². The van der Waals surface area contributed by atoms with Gasteiger partial charge in [-0.3, -0.25) is 0 Å². The first-order chi connectivity index (χ1) is 7.65. The molecule has 0 radical (unpaired) electrons. The summed E-state index contributed by atoms with van der Waals surface area (Å²) >= 11 is 0. The molecule has 0 aromatic carbocycles. The summed E-state index contributed by atoms with van der Waals surface area (Å²) in [6, 6.07) is 0. The Balaban J connectivity index is -0.000000214. The van der Waals surface area contributed by atoms with Crippen LogP contribution < -0.4 is 17.2 Å². The number of nitrogens with two attached hydrogens (primary N) is 3. The first-order valence-electron chi connectivity index (χ1n) is 3.30. The standard InChI is InChI=1S/C3H6N6.Mg.2NO3/c4-1-7-2(5)9-3(6)8-1;;2*2-1(3)4/h(H6,4,5,6,7,8,9);;;/q;+2;2*-1. The minimum Gasteiger partial charge on any atom is -0.368 e. The van der Waals surface area contributed by atoms with Crippen molar-refractivity contribution < 1.29 is 10.2 Å². The molecular weight excluding hydrogens is 268 g/mol. The van der Waals surface area contributed by atoms with E-state index in [0.717, 1.165) is 0 Å². The summed E-state index contributed by atoms with van der Waals surface area (Å²) in [5.74, 6) is 0.125. The molecule has 0 fully saturated rings. The van der Waals surface area contributed by atoms with E-state index in [9.17, 15) is 0 Å². The number of hydrogen-bond donors (Lipinski definition) is 3. The van der Waals surface area contributed by atoms with Crippen LogP contribution in [0, 0.1) is 30.6 Å². The summed E-state index contributed by atoms with van der Waals surface area (Å²) < 4.78 is 0. The van der Waals surface area contributed by atoms with Crippen molar-refractivity contribution in [2.24, 2.45) is 0 Å². The molecule has 14 nitrogen and oxygen atoms in total. The van der Waals surface area contributed by atoms with Crippen LogP contribution in [0.1, 0.15) is 0 Å². The van der Waals surface area contributed by atoms with Crippen molar-refractivity contribution in [1.29, 1.82) is 0 Å². The van der Waals surface area contributed by atoms with Gasteiger partial charge in [0.1, 0.15) is 0 Å². The zero-order valence-electron chi connectivity index (χ0n) is 8.62. The molecule has 15 heteroatoms. The van der Waals surface area contributed by atoms with Crippen molar-refractivity contribution in [3.63, 3.8) is 0 Å². The SMILES string of the molecule is Nc1nc(N)nc(N)n1.O=[N+]([O-])[O-].O=[N+]([O-])[O-].[Mg+2]. The number of rotatable bonds is 0. The van der Waals surface area contributed by atoms with E-state index in [1.54, 1.807) is 0 Å². The van der Waals surface area contributed by atoms with Crippen LogP contribution >= 0.6 is 0 Å². The summed E-state index contributed by atoms with van der Waals surface area (Å²) in [5, 5.41) is 29.5. The van der Waals surface area contributed by atoms with Crippen LogP contribution in [-0.4, -0.2) is 48.2 Å². The molecule has 0 aliphatic carbocycles. The number of hydrogen-bond acceptors (Lipinski definition) is 12. The summed E-state index contributed by atoms with van der Waals surface area (Å²) in [6.45, 7) is 0. The van der Waals surface area contributed by atoms with Gasteiger partial charge in [-0.2, -0.15) is 15.0 Å². The van der Waals surface area contributed by atoms with Crippen LogP contribution in [0.3, 0.4) is 0 Å². The van der Waals surface area contributed by atoms with Crippen molar-refractivity contribution in [2.75, 3.05) is 17.2 Å². The van der Waals surface area contributed by atoms with Gasteiger partial charge in [0, 0.05) is 0 Å². The monoisotopic (exact) mass is 274 g/mol. The Kier molecular flexibility index (Phi) is 12.9. The molecule has 1 heterocycles. The summed E-state index contributed by atoms with van der Waals surface area (Å²) in [6.07, 6.45) is 0. The fourth-order valence-electron chi connectivity index (χ4n) is 0.427. The fourth-order valence-corrected chi connectivity index (χ4v) is 0.427. The van der Waals surface area contributed by atoms with Crippen molar-refractivity contribution >= 4 is 40.9 Å². The average molecular weight is 274 g/mol. The molecule has 18 heavy (non-hydrogen) atoms. The first kappa shape index (κ1) is 20.9. The maximum atomic E-state index is 8.25. The van der Waals surface area contributed by atoms with E-state index in [1.807, 2.05) is 0 Å². The van der Waals surface area contributed by atoms with E-state index in [-0.39, 0.29) is 40.9 Å². The van der Waals surface area contributed by atoms with Crippen LogP contribution in [0.2, 0.25) is 0 Å². The Morgan fingerprint density at radius 1 is 0.722 bits per heavy atom. The number of nitrogen functional groups attached to an aromatic ring is 3. The van der Waals surface area contributed by atoms with Gasteiger partial charge in [0.25, 0.3) is 0 Å². The van der Waals surface area contributed by atoms with Gasteiger partial charge in [-0.25, -0.2) is 0 Å². The molecular formula is C3H6MgN8O6. The summed E-state index contributed by atoms with van der Waals surface area (Å²) in [4.78, 5) is 27.0. The van der Waals surface area contributed by atoms with E-state index < -0.39 is 10.2 Å². The molecule has 0 atom stereocenters. The average Bonchev–Trinajstić information content (AvgIpc) is 1.96. The Hall–Kier alpha value is -2.42. The second-order valence-corrected chi connectivity index (χ2v) is 1.86. The fraction of sp³-hybridized carbons (Fsp3) is 0. The van der Waals surface area contributed by atoms with Crippen LogP contribution in [0.25, 0.3) is 0 Å². The molecule has 0 aliphatic heterocycles. The molecule has 0 spiro atoms. The Morgan fingerprint density at radius 2 is 0.833 bits per heavy atom. The van der Waals surface area contributed by atoms with Gasteiger partial charge in [-0.1, -0.05) is 0 Å². The van der Waals surface area contributed by atoms with Gasteiger partial charge in [0.05, 0.1) is 10.2 Å². The maximum Gasteiger partial charge on any atom is 2.00 e. The molecule has 1 aromatic heterocycles. The van der Waals surface area contributed by atoms with Crippen LogP contribution in [-0.2, 0) is 0 Å². The predicted octanol–water partition coefficient (Wildman–Crippen LogP) is -2.24. The zero-order chi connectivity index (χ0) is 14.0. The first-order valence-corrected chi connectivity index (χ1v) is 3.30. The predicted molar refractivity (Wildman–Crippen MR) is 59.5 cm³/mol. The van der Waals surface area contributed by atoms with E-state index >= 15 is 0 Å². The molecule has 0 saturated carbocycles. The Bertz CT molecular complexity index is 317. The van der Waals surface area contributed by atoms with Gasteiger partial charge in [-0.05, 0) is 0 Å². The van der Waals surface area contributed by atoms with Crippen molar-refractivity contribution in [3.05, 3.63) is 30.6 Å². The molecule has 1 rings (SSSR count). The Labute approximate surface area is 114 Å². The molecule has 1 aromatic rings. The summed E-state index contributed by atoms with van der Waals surface area (Å²) in [5.41, 5.74) is 15.4. The van der Waals surface area contributed by atoms with Gasteiger partial charge in [0.2, 0.25) is 17.8 Å². The largest absolute Gasteiger partial charge is 2.00 e. The van der Waals surface area contributed by atoms with E-state index in [4.69, 9.17) is 47.8 Å².